The highest BCUT2D eigenvalue weighted by Gasteiger charge is 2.14. The van der Waals surface area contributed by atoms with E-state index in [-0.39, 0.29) is 11.1 Å². The van der Waals surface area contributed by atoms with Gasteiger partial charge in [-0.3, -0.25) is 0 Å². The van der Waals surface area contributed by atoms with E-state index in [9.17, 15) is 4.79 Å². The minimum absolute atomic E-state index is 0.180. The number of thiophene rings is 1. The minimum atomic E-state index is -0.355. The normalized spacial score (nSPS) is 9.73. The molecule has 0 atom stereocenters. The highest BCUT2D eigenvalue weighted by molar-refractivity contribution is 8.00. The maximum absolute atomic E-state index is 11.3. The summed E-state index contributed by atoms with van der Waals surface area (Å²) in [6.45, 7) is 0. The summed E-state index contributed by atoms with van der Waals surface area (Å²) in [4.78, 5) is 11.8. The van der Waals surface area contributed by atoms with Crippen LogP contribution in [0.5, 0.6) is 0 Å². The zero-order valence-electron chi connectivity index (χ0n) is 8.20. The summed E-state index contributed by atoms with van der Waals surface area (Å²) < 4.78 is 5.57. The summed E-state index contributed by atoms with van der Waals surface area (Å²) >= 11 is 7.60. The third kappa shape index (κ3) is 3.08. The van der Waals surface area contributed by atoms with Crippen molar-refractivity contribution in [2.45, 2.75) is 4.21 Å². The Morgan fingerprint density at radius 3 is 2.87 bits per heavy atom. The van der Waals surface area contributed by atoms with E-state index in [1.165, 1.54) is 30.2 Å². The number of hydrogen-bond acceptors (Lipinski definition) is 5. The number of carbonyl (C=O) groups is 1. The van der Waals surface area contributed by atoms with Crippen molar-refractivity contribution in [2.75, 3.05) is 18.7 Å². The zero-order valence-corrected chi connectivity index (χ0v) is 10.6. The van der Waals surface area contributed by atoms with E-state index in [4.69, 9.17) is 18.0 Å². The molecule has 0 aliphatic carbocycles. The first-order valence-electron chi connectivity index (χ1n) is 3.91. The topological polar surface area (TPSA) is 64.3 Å². The predicted octanol–water partition coefficient (Wildman–Crippen LogP) is 1.91. The van der Waals surface area contributed by atoms with Crippen LogP contribution in [0.1, 0.15) is 9.67 Å². The molecule has 0 spiro atoms. The van der Waals surface area contributed by atoms with Gasteiger partial charge in [-0.25, -0.2) is 4.79 Å². The number of nitrogens with one attached hydrogen (secondary N) is 1. The molecule has 0 saturated carbocycles. The van der Waals surface area contributed by atoms with Gasteiger partial charge in [-0.2, -0.15) is 0 Å². The lowest BCUT2D eigenvalue weighted by Crippen LogP contribution is -2.18. The number of nitrogens with two attached hydrogens (primary N) is 1. The number of ether oxygens (including phenoxy) is 1. The molecule has 0 fully saturated rings. The molecule has 0 saturated heterocycles. The van der Waals surface area contributed by atoms with Gasteiger partial charge in [-0.15, -0.1) is 23.1 Å². The molecule has 1 aromatic rings. The summed E-state index contributed by atoms with van der Waals surface area (Å²) in [5.41, 5.74) is 6.12. The molecule has 4 nitrogen and oxygen atoms in total. The summed E-state index contributed by atoms with van der Waals surface area (Å²) in [6, 6.07) is 1.68. The summed E-state index contributed by atoms with van der Waals surface area (Å²) in [5, 5.41) is 2.99. The maximum Gasteiger partial charge on any atom is 0.348 e. The van der Waals surface area contributed by atoms with Gasteiger partial charge in [0.05, 0.1) is 17.0 Å². The van der Waals surface area contributed by atoms with Crippen LogP contribution in [-0.4, -0.2) is 24.4 Å². The molecule has 7 heteroatoms. The Morgan fingerprint density at radius 1 is 1.73 bits per heavy atom. The Hall–Kier alpha value is -0.790. The molecule has 82 valence electrons. The van der Waals surface area contributed by atoms with E-state index in [2.05, 4.69) is 10.1 Å². The van der Waals surface area contributed by atoms with Crippen LogP contribution in [-0.2, 0) is 4.74 Å². The number of thiocarbonyl (C=S) groups is 1. The fourth-order valence-corrected chi connectivity index (χ4v) is 2.75. The van der Waals surface area contributed by atoms with Gasteiger partial charge < -0.3 is 15.8 Å². The second-order valence-corrected chi connectivity index (χ2v) is 5.06. The van der Waals surface area contributed by atoms with E-state index in [1.807, 2.05) is 6.26 Å². The molecule has 15 heavy (non-hydrogen) atoms. The van der Waals surface area contributed by atoms with Crippen LogP contribution in [0.4, 0.5) is 5.69 Å². The van der Waals surface area contributed by atoms with Crippen LogP contribution in [0.15, 0.2) is 10.3 Å². The van der Waals surface area contributed by atoms with Gasteiger partial charge in [0.2, 0.25) is 0 Å². The lowest BCUT2D eigenvalue weighted by atomic mass is 10.4. The molecule has 3 N–H and O–H groups in total. The maximum atomic E-state index is 11.3. The van der Waals surface area contributed by atoms with E-state index in [1.54, 1.807) is 6.07 Å². The number of anilines is 1. The van der Waals surface area contributed by atoms with Crippen molar-refractivity contribution in [1.29, 1.82) is 0 Å². The van der Waals surface area contributed by atoms with Gasteiger partial charge in [-0.05, 0) is 24.5 Å². The highest BCUT2D eigenvalue weighted by atomic mass is 32.2. The predicted molar refractivity (Wildman–Crippen MR) is 67.8 cm³/mol. The number of thioether (sulfide) groups is 1. The van der Waals surface area contributed by atoms with Crippen molar-refractivity contribution >= 4 is 52.1 Å². The van der Waals surface area contributed by atoms with Crippen LogP contribution < -0.4 is 11.1 Å². The monoisotopic (exact) mass is 262 g/mol. The smallest absolute Gasteiger partial charge is 0.348 e. The number of hydrogen-bond donors (Lipinski definition) is 2. The third-order valence-electron chi connectivity index (χ3n) is 1.53. The van der Waals surface area contributed by atoms with Gasteiger partial charge in [0.25, 0.3) is 0 Å². The molecule has 0 radical (unpaired) electrons. The Balaban J connectivity index is 2.99. The van der Waals surface area contributed by atoms with Gasteiger partial charge in [0, 0.05) is 0 Å². The third-order valence-corrected chi connectivity index (χ3v) is 3.88. The van der Waals surface area contributed by atoms with Crippen molar-refractivity contribution in [3.05, 3.63) is 10.9 Å². The van der Waals surface area contributed by atoms with Crippen LogP contribution in [0.25, 0.3) is 0 Å². The fourth-order valence-electron chi connectivity index (χ4n) is 0.947. The Labute approximate surface area is 101 Å². The van der Waals surface area contributed by atoms with Crippen LogP contribution >= 0.6 is 35.3 Å². The molecule has 1 heterocycles. The fraction of sp³-hybridized carbons (Fsp3) is 0.250. The van der Waals surface area contributed by atoms with E-state index in [0.29, 0.717) is 4.88 Å². The van der Waals surface area contributed by atoms with Crippen molar-refractivity contribution < 1.29 is 9.53 Å². The standard InChI is InChI=1S/C8H10N2O2S3/c1-12-6(11)5-3-4(10-8(9)13)7(14-2)15-5/h3H,1-2H3,(H3,9,10,13). The largest absolute Gasteiger partial charge is 0.465 e. The Kier molecular flexibility index (Phi) is 4.37. The first kappa shape index (κ1) is 12.3. The van der Waals surface area contributed by atoms with E-state index >= 15 is 0 Å². The quantitative estimate of drug-likeness (QED) is 0.493. The van der Waals surface area contributed by atoms with Crippen molar-refractivity contribution in [2.24, 2.45) is 5.73 Å². The van der Waals surface area contributed by atoms with Crippen LogP contribution in [0.3, 0.4) is 0 Å². The molecular weight excluding hydrogens is 252 g/mol. The number of rotatable bonds is 3. The molecule has 0 amide bonds. The first-order valence-corrected chi connectivity index (χ1v) is 6.36. The molecule has 0 aliphatic rings. The lowest BCUT2D eigenvalue weighted by Gasteiger charge is -2.01. The van der Waals surface area contributed by atoms with Crippen LogP contribution in [0, 0.1) is 0 Å². The molecule has 0 bridgehead atoms. The minimum Gasteiger partial charge on any atom is -0.465 e. The molecule has 0 aromatic carbocycles. The Bertz CT molecular complexity index is 389. The van der Waals surface area contributed by atoms with Crippen molar-refractivity contribution in [3.63, 3.8) is 0 Å². The highest BCUT2D eigenvalue weighted by Crippen LogP contribution is 2.35. The summed E-state index contributed by atoms with van der Waals surface area (Å²) in [6.07, 6.45) is 1.91. The average molecular weight is 262 g/mol. The van der Waals surface area contributed by atoms with E-state index in [0.717, 1.165) is 9.90 Å². The number of carbonyl (C=O) groups excluding carboxylic acids is 1. The van der Waals surface area contributed by atoms with E-state index < -0.39 is 0 Å². The van der Waals surface area contributed by atoms with Crippen molar-refractivity contribution in [3.8, 4) is 0 Å². The number of methoxy groups -OCH3 is 1. The lowest BCUT2D eigenvalue weighted by molar-refractivity contribution is 0.0606. The van der Waals surface area contributed by atoms with Gasteiger partial charge >= 0.3 is 5.97 Å². The van der Waals surface area contributed by atoms with Crippen LogP contribution in [0.2, 0.25) is 0 Å². The summed E-state index contributed by atoms with van der Waals surface area (Å²) in [7, 11) is 1.35. The molecule has 1 rings (SSSR count). The average Bonchev–Trinajstić information content (AvgIpc) is 2.59. The van der Waals surface area contributed by atoms with Gasteiger partial charge in [-0.1, -0.05) is 0 Å². The second-order valence-electron chi connectivity index (χ2n) is 2.50. The molecule has 1 aromatic heterocycles. The molecular formula is C8H10N2O2S3. The first-order chi connectivity index (χ1) is 7.08. The molecule has 0 aliphatic heterocycles. The second kappa shape index (κ2) is 5.34. The summed E-state index contributed by atoms with van der Waals surface area (Å²) in [5.74, 6) is -0.355. The van der Waals surface area contributed by atoms with Crippen molar-refractivity contribution in [1.82, 2.24) is 0 Å². The SMILES string of the molecule is COC(=O)c1cc(NC(N)=S)c(SC)s1. The Morgan fingerprint density at radius 2 is 2.40 bits per heavy atom. The van der Waals surface area contributed by atoms with Gasteiger partial charge in [0.15, 0.2) is 5.11 Å². The van der Waals surface area contributed by atoms with Gasteiger partial charge in [0.1, 0.15) is 4.88 Å². The zero-order chi connectivity index (χ0) is 11.4. The molecule has 0 unspecified atom stereocenters. The number of esters is 1.